The maximum absolute atomic E-state index is 12.6. The number of nitrogens with zero attached hydrogens (tertiary/aromatic N) is 4. The number of hydrogen-bond donors (Lipinski definition) is 2. The fourth-order valence-corrected chi connectivity index (χ4v) is 4.31. The van der Waals surface area contributed by atoms with Crippen LogP contribution in [0.4, 0.5) is 17.2 Å². The van der Waals surface area contributed by atoms with Crippen LogP contribution in [0.3, 0.4) is 0 Å². The summed E-state index contributed by atoms with van der Waals surface area (Å²) in [6.07, 6.45) is 0. The molecule has 6 rings (SSSR count). The minimum atomic E-state index is -0.199. The molecule has 0 saturated carbocycles. The molecule has 6 aromatic rings. The van der Waals surface area contributed by atoms with Crippen LogP contribution in [-0.4, -0.2) is 39.9 Å². The molecule has 4 aromatic carbocycles. The van der Waals surface area contributed by atoms with Gasteiger partial charge in [-0.2, -0.15) is 4.52 Å². The van der Waals surface area contributed by atoms with Crippen LogP contribution in [0.1, 0.15) is 10.4 Å². The topological polar surface area (TPSA) is 103 Å². The van der Waals surface area contributed by atoms with Gasteiger partial charge in [0.05, 0.1) is 14.2 Å². The van der Waals surface area contributed by atoms with E-state index in [1.54, 1.807) is 43.0 Å². The molecule has 2 aromatic heterocycles. The Morgan fingerprint density at radius 2 is 1.33 bits per heavy atom. The number of hydrogen-bond acceptors (Lipinski definition) is 7. The lowest BCUT2D eigenvalue weighted by Crippen LogP contribution is -2.11. The number of benzene rings is 4. The van der Waals surface area contributed by atoms with E-state index < -0.39 is 0 Å². The highest BCUT2D eigenvalue weighted by molar-refractivity contribution is 6.04. The average molecular weight is 517 g/mol. The highest BCUT2D eigenvalue weighted by atomic mass is 16.5. The van der Waals surface area contributed by atoms with Gasteiger partial charge in [0, 0.05) is 33.3 Å². The number of methoxy groups -OCH3 is 2. The third kappa shape index (κ3) is 4.69. The zero-order valence-corrected chi connectivity index (χ0v) is 21.3. The van der Waals surface area contributed by atoms with Crippen molar-refractivity contribution in [2.45, 2.75) is 0 Å². The van der Waals surface area contributed by atoms with Gasteiger partial charge in [-0.25, -0.2) is 0 Å². The van der Waals surface area contributed by atoms with Gasteiger partial charge in [0.25, 0.3) is 5.91 Å². The zero-order chi connectivity index (χ0) is 26.8. The van der Waals surface area contributed by atoms with Gasteiger partial charge in [0.1, 0.15) is 11.5 Å². The summed E-state index contributed by atoms with van der Waals surface area (Å²) in [5, 5.41) is 21.9. The first-order valence-corrected chi connectivity index (χ1v) is 12.2. The van der Waals surface area contributed by atoms with Crippen molar-refractivity contribution in [1.82, 2.24) is 19.8 Å². The Labute approximate surface area is 224 Å². The average Bonchev–Trinajstić information content (AvgIpc) is 3.42. The van der Waals surface area contributed by atoms with Crippen LogP contribution < -0.4 is 20.1 Å². The van der Waals surface area contributed by atoms with Crippen LogP contribution in [0.25, 0.3) is 27.8 Å². The van der Waals surface area contributed by atoms with Crippen LogP contribution in [-0.2, 0) is 0 Å². The van der Waals surface area contributed by atoms with Gasteiger partial charge in [0.2, 0.25) is 0 Å². The number of rotatable bonds is 7. The van der Waals surface area contributed by atoms with Gasteiger partial charge >= 0.3 is 0 Å². The van der Waals surface area contributed by atoms with Crippen molar-refractivity contribution in [2.24, 2.45) is 0 Å². The molecule has 0 aliphatic heterocycles. The number of nitrogens with one attached hydrogen (secondary N) is 2. The van der Waals surface area contributed by atoms with Crippen molar-refractivity contribution in [3.8, 4) is 22.9 Å². The molecule has 0 unspecified atom stereocenters. The van der Waals surface area contributed by atoms with Gasteiger partial charge in [0.15, 0.2) is 17.3 Å². The first kappa shape index (κ1) is 23.9. The Morgan fingerprint density at radius 1 is 0.718 bits per heavy atom. The number of carbonyl (C=O) groups is 1. The standard InChI is InChI=1S/C30H24N6O3/c1-38-23-15-7-19(8-16-23)28-33-34-29-26-6-4-3-5-25(26)27(35-36(28)29)31-21-11-13-22(14-12-21)32-30(37)20-9-17-24(39-2)18-10-20/h3-18H,1-2H3,(H,31,35)(H,32,37). The number of fused-ring (bicyclic) bond motifs is 3. The molecule has 9 heteroatoms. The van der Waals surface area contributed by atoms with E-state index in [1.165, 1.54) is 0 Å². The van der Waals surface area contributed by atoms with E-state index in [0.717, 1.165) is 27.8 Å². The highest BCUT2D eigenvalue weighted by Crippen LogP contribution is 2.30. The van der Waals surface area contributed by atoms with Crippen molar-refractivity contribution in [3.05, 3.63) is 103 Å². The highest BCUT2D eigenvalue weighted by Gasteiger charge is 2.16. The van der Waals surface area contributed by atoms with E-state index in [0.29, 0.717) is 34.3 Å². The first-order chi connectivity index (χ1) is 19.1. The van der Waals surface area contributed by atoms with Crippen molar-refractivity contribution < 1.29 is 14.3 Å². The maximum Gasteiger partial charge on any atom is 0.255 e. The molecule has 0 aliphatic rings. The molecular weight excluding hydrogens is 492 g/mol. The summed E-state index contributed by atoms with van der Waals surface area (Å²) in [6.45, 7) is 0. The van der Waals surface area contributed by atoms with Gasteiger partial charge in [-0.15, -0.1) is 15.3 Å². The third-order valence-corrected chi connectivity index (χ3v) is 6.37. The second kappa shape index (κ2) is 10.1. The van der Waals surface area contributed by atoms with E-state index in [1.807, 2.05) is 72.8 Å². The number of ether oxygens (including phenoxy) is 2. The van der Waals surface area contributed by atoms with Crippen LogP contribution in [0.2, 0.25) is 0 Å². The summed E-state index contributed by atoms with van der Waals surface area (Å²) in [7, 11) is 3.22. The smallest absolute Gasteiger partial charge is 0.255 e. The lowest BCUT2D eigenvalue weighted by molar-refractivity contribution is 0.102. The summed E-state index contributed by atoms with van der Waals surface area (Å²) in [5.74, 6) is 2.54. The number of carbonyl (C=O) groups excluding carboxylic acids is 1. The SMILES string of the molecule is COc1ccc(C(=O)Nc2ccc(Nc3nn4c(-c5ccc(OC)cc5)nnc4c4ccccc34)cc2)cc1. The van der Waals surface area contributed by atoms with Crippen LogP contribution >= 0.6 is 0 Å². The summed E-state index contributed by atoms with van der Waals surface area (Å²) in [5.41, 5.74) is 3.57. The molecule has 0 radical (unpaired) electrons. The van der Waals surface area contributed by atoms with Crippen molar-refractivity contribution in [1.29, 1.82) is 0 Å². The van der Waals surface area contributed by atoms with Crippen molar-refractivity contribution >= 4 is 39.5 Å². The van der Waals surface area contributed by atoms with Crippen molar-refractivity contribution in [3.63, 3.8) is 0 Å². The van der Waals surface area contributed by atoms with Gasteiger partial charge in [-0.1, -0.05) is 24.3 Å². The molecule has 2 N–H and O–H groups in total. The second-order valence-electron chi connectivity index (χ2n) is 8.77. The Hall–Kier alpha value is -5.44. The Balaban J connectivity index is 1.29. The molecule has 0 bridgehead atoms. The predicted molar refractivity (Wildman–Crippen MR) is 151 cm³/mol. The minimum absolute atomic E-state index is 0.199. The molecule has 2 heterocycles. The van der Waals surface area contributed by atoms with Crippen LogP contribution in [0.5, 0.6) is 11.5 Å². The fourth-order valence-electron chi connectivity index (χ4n) is 4.31. The predicted octanol–water partition coefficient (Wildman–Crippen LogP) is 5.96. The van der Waals surface area contributed by atoms with Crippen LogP contribution in [0.15, 0.2) is 97.1 Å². The summed E-state index contributed by atoms with van der Waals surface area (Å²) >= 11 is 0. The van der Waals surface area contributed by atoms with Gasteiger partial charge in [-0.3, -0.25) is 4.79 Å². The molecule has 0 aliphatic carbocycles. The monoisotopic (exact) mass is 516 g/mol. The first-order valence-electron chi connectivity index (χ1n) is 12.2. The van der Waals surface area contributed by atoms with E-state index >= 15 is 0 Å². The second-order valence-corrected chi connectivity index (χ2v) is 8.77. The number of amides is 1. The molecule has 1 amide bonds. The molecule has 0 fully saturated rings. The quantitative estimate of drug-likeness (QED) is 0.270. The zero-order valence-electron chi connectivity index (χ0n) is 21.3. The van der Waals surface area contributed by atoms with E-state index in [-0.39, 0.29) is 5.91 Å². The lowest BCUT2D eigenvalue weighted by atomic mass is 10.1. The normalized spacial score (nSPS) is 10.9. The van der Waals surface area contributed by atoms with Crippen molar-refractivity contribution in [2.75, 3.05) is 24.9 Å². The molecule has 39 heavy (non-hydrogen) atoms. The molecule has 9 nitrogen and oxygen atoms in total. The van der Waals surface area contributed by atoms with Gasteiger partial charge in [-0.05, 0) is 72.8 Å². The number of aromatic nitrogens is 4. The van der Waals surface area contributed by atoms with Crippen LogP contribution in [0, 0.1) is 0 Å². The van der Waals surface area contributed by atoms with E-state index in [9.17, 15) is 4.79 Å². The largest absolute Gasteiger partial charge is 0.497 e. The molecule has 0 atom stereocenters. The molecule has 192 valence electrons. The Kier molecular flexibility index (Phi) is 6.22. The molecule has 0 saturated heterocycles. The molecule has 0 spiro atoms. The lowest BCUT2D eigenvalue weighted by Gasteiger charge is -2.12. The summed E-state index contributed by atoms with van der Waals surface area (Å²) in [4.78, 5) is 12.6. The Bertz CT molecular complexity index is 1780. The number of anilines is 3. The minimum Gasteiger partial charge on any atom is -0.497 e. The van der Waals surface area contributed by atoms with E-state index in [4.69, 9.17) is 14.6 Å². The summed E-state index contributed by atoms with van der Waals surface area (Å²) in [6, 6.07) is 30.0. The molecular formula is C30H24N6O3. The third-order valence-electron chi connectivity index (χ3n) is 6.37. The summed E-state index contributed by atoms with van der Waals surface area (Å²) < 4.78 is 12.2. The maximum atomic E-state index is 12.6. The van der Waals surface area contributed by atoms with E-state index in [2.05, 4.69) is 20.8 Å². The Morgan fingerprint density at radius 3 is 2.00 bits per heavy atom. The fraction of sp³-hybridized carbons (Fsp3) is 0.0667. The van der Waals surface area contributed by atoms with Gasteiger partial charge < -0.3 is 20.1 Å².